The van der Waals surface area contributed by atoms with Crippen LogP contribution < -0.4 is 0 Å². The van der Waals surface area contributed by atoms with Gasteiger partial charge in [0.15, 0.2) is 0 Å². The Balaban J connectivity index is 1.98. The zero-order chi connectivity index (χ0) is 14.4. The molecule has 4 nitrogen and oxygen atoms in total. The van der Waals surface area contributed by atoms with Crippen molar-refractivity contribution in [3.05, 3.63) is 48.5 Å². The van der Waals surface area contributed by atoms with Crippen LogP contribution in [0.5, 0.6) is 0 Å². The Labute approximate surface area is 127 Å². The van der Waals surface area contributed by atoms with E-state index < -0.39 is 10.8 Å². The lowest BCUT2D eigenvalue weighted by molar-refractivity contribution is 0.687. The van der Waals surface area contributed by atoms with Gasteiger partial charge in [0.25, 0.3) is 0 Å². The third-order valence-electron chi connectivity index (χ3n) is 3.31. The molecule has 2 aromatic carbocycles. The second-order valence-corrected chi connectivity index (χ2v) is 6.94. The van der Waals surface area contributed by atoms with E-state index in [1.807, 2.05) is 52.3 Å². The molecule has 0 bridgehead atoms. The highest BCUT2D eigenvalue weighted by Gasteiger charge is 2.15. The Morgan fingerprint density at radius 2 is 1.81 bits per heavy atom. The average Bonchev–Trinajstić information content (AvgIpc) is 3.04. The Bertz CT molecular complexity index is 987. The number of rotatable bonds is 2. The van der Waals surface area contributed by atoms with Crippen molar-refractivity contribution in [1.29, 1.82) is 0 Å². The molecule has 0 aliphatic rings. The van der Waals surface area contributed by atoms with Crippen LogP contribution in [-0.2, 0) is 10.8 Å². The van der Waals surface area contributed by atoms with Crippen LogP contribution in [0.2, 0.25) is 0 Å². The highest BCUT2D eigenvalue weighted by atomic mass is 32.2. The topological polar surface area (TPSA) is 47.3 Å². The molecule has 0 aliphatic heterocycles. The molecule has 1 unspecified atom stereocenters. The first kappa shape index (κ1) is 12.7. The van der Waals surface area contributed by atoms with Gasteiger partial charge in [0, 0.05) is 16.7 Å². The van der Waals surface area contributed by atoms with Crippen molar-refractivity contribution >= 4 is 39.1 Å². The second-order valence-electron chi connectivity index (χ2n) is 4.65. The number of hydrogen-bond donors (Lipinski definition) is 0. The summed E-state index contributed by atoms with van der Waals surface area (Å²) in [5, 5.41) is 0.842. The first-order valence-electron chi connectivity index (χ1n) is 6.41. The number of fused-ring (bicyclic) bond motifs is 3. The lowest BCUT2D eigenvalue weighted by Crippen LogP contribution is -1.91. The van der Waals surface area contributed by atoms with E-state index in [-0.39, 0.29) is 0 Å². The minimum absolute atomic E-state index is 0.688. The van der Waals surface area contributed by atoms with Gasteiger partial charge in [-0.3, -0.25) is 4.21 Å². The molecule has 0 spiro atoms. The molecule has 2 aromatic heterocycles. The van der Waals surface area contributed by atoms with Crippen LogP contribution in [0.1, 0.15) is 0 Å². The summed E-state index contributed by atoms with van der Waals surface area (Å²) in [5.41, 5.74) is 2.90. The Kier molecular flexibility index (Phi) is 2.87. The highest BCUT2D eigenvalue weighted by molar-refractivity contribution is 7.84. The fourth-order valence-electron chi connectivity index (χ4n) is 2.35. The number of aromatic nitrogens is 3. The average molecular weight is 313 g/mol. The first-order chi connectivity index (χ1) is 10.2. The number of para-hydroxylation sites is 2. The highest BCUT2D eigenvalue weighted by Crippen LogP contribution is 2.30. The number of imidazole rings is 1. The Hall–Kier alpha value is -2.05. The van der Waals surface area contributed by atoms with Gasteiger partial charge in [-0.05, 0) is 29.7 Å². The monoisotopic (exact) mass is 313 g/mol. The summed E-state index contributed by atoms with van der Waals surface area (Å²) in [6.45, 7) is 0. The Morgan fingerprint density at radius 1 is 1.05 bits per heavy atom. The molecule has 4 rings (SSSR count). The maximum absolute atomic E-state index is 11.9. The SMILES string of the molecule is CS(=O)c1ccccc1-c1nc2nc3ccccc3n2s1. The van der Waals surface area contributed by atoms with E-state index in [0.29, 0.717) is 5.78 Å². The Morgan fingerprint density at radius 3 is 2.67 bits per heavy atom. The van der Waals surface area contributed by atoms with Crippen molar-refractivity contribution in [2.24, 2.45) is 0 Å². The molecule has 0 aliphatic carbocycles. The molecule has 0 fully saturated rings. The van der Waals surface area contributed by atoms with Crippen molar-refractivity contribution in [2.75, 3.05) is 6.26 Å². The van der Waals surface area contributed by atoms with Crippen LogP contribution >= 0.6 is 11.5 Å². The molecule has 0 saturated heterocycles. The summed E-state index contributed by atoms with van der Waals surface area (Å²) >= 11 is 1.53. The molecule has 1 atom stereocenters. The van der Waals surface area contributed by atoms with E-state index in [1.54, 1.807) is 6.26 Å². The van der Waals surface area contributed by atoms with Crippen molar-refractivity contribution in [3.8, 4) is 10.6 Å². The van der Waals surface area contributed by atoms with Gasteiger partial charge in [0.2, 0.25) is 5.78 Å². The molecule has 6 heteroatoms. The molecule has 0 N–H and O–H groups in total. The number of nitrogens with zero attached hydrogens (tertiary/aromatic N) is 3. The van der Waals surface area contributed by atoms with E-state index in [0.717, 1.165) is 26.5 Å². The van der Waals surface area contributed by atoms with Crippen LogP contribution in [-0.4, -0.2) is 24.2 Å². The minimum Gasteiger partial charge on any atom is -0.255 e. The predicted octanol–water partition coefficient (Wildman–Crippen LogP) is 3.35. The largest absolute Gasteiger partial charge is 0.255 e. The lowest BCUT2D eigenvalue weighted by Gasteiger charge is -2.02. The second kappa shape index (κ2) is 4.75. The predicted molar refractivity (Wildman–Crippen MR) is 86.1 cm³/mol. The van der Waals surface area contributed by atoms with Crippen molar-refractivity contribution < 1.29 is 4.21 Å². The fourth-order valence-corrected chi connectivity index (χ4v) is 4.15. The molecule has 0 saturated carbocycles. The third kappa shape index (κ3) is 1.99. The zero-order valence-corrected chi connectivity index (χ0v) is 12.8. The first-order valence-corrected chi connectivity index (χ1v) is 8.74. The summed E-state index contributed by atoms with van der Waals surface area (Å²) in [5.74, 6) is 0.688. The van der Waals surface area contributed by atoms with E-state index in [4.69, 9.17) is 0 Å². The molecule has 2 heterocycles. The van der Waals surface area contributed by atoms with Gasteiger partial charge >= 0.3 is 0 Å². The molecular formula is C15H11N3OS2. The van der Waals surface area contributed by atoms with E-state index in [1.165, 1.54) is 11.5 Å². The summed E-state index contributed by atoms with van der Waals surface area (Å²) < 4.78 is 13.9. The summed E-state index contributed by atoms with van der Waals surface area (Å²) in [6, 6.07) is 15.6. The molecule has 4 aromatic rings. The number of benzene rings is 2. The maximum atomic E-state index is 11.9. The quantitative estimate of drug-likeness (QED) is 0.570. The summed E-state index contributed by atoms with van der Waals surface area (Å²) in [4.78, 5) is 9.93. The third-order valence-corrected chi connectivity index (χ3v) is 5.31. The van der Waals surface area contributed by atoms with Gasteiger partial charge in [0.1, 0.15) is 5.01 Å². The maximum Gasteiger partial charge on any atom is 0.246 e. The van der Waals surface area contributed by atoms with Crippen molar-refractivity contribution in [2.45, 2.75) is 4.90 Å². The summed E-state index contributed by atoms with van der Waals surface area (Å²) in [6.07, 6.45) is 1.69. The molecular weight excluding hydrogens is 302 g/mol. The summed E-state index contributed by atoms with van der Waals surface area (Å²) in [7, 11) is -1.04. The molecule has 104 valence electrons. The van der Waals surface area contributed by atoms with Gasteiger partial charge < -0.3 is 0 Å². The molecule has 0 amide bonds. The van der Waals surface area contributed by atoms with E-state index in [2.05, 4.69) is 9.97 Å². The van der Waals surface area contributed by atoms with Crippen LogP contribution in [0, 0.1) is 0 Å². The zero-order valence-electron chi connectivity index (χ0n) is 11.2. The van der Waals surface area contributed by atoms with Gasteiger partial charge in [0.05, 0.1) is 21.8 Å². The smallest absolute Gasteiger partial charge is 0.246 e. The minimum atomic E-state index is -1.04. The molecule has 21 heavy (non-hydrogen) atoms. The van der Waals surface area contributed by atoms with Crippen molar-refractivity contribution in [1.82, 2.24) is 13.8 Å². The molecule has 0 radical (unpaired) electrons. The van der Waals surface area contributed by atoms with Gasteiger partial charge in [-0.2, -0.15) is 4.98 Å². The normalized spacial score (nSPS) is 13.0. The standard InChI is InChI=1S/C15H11N3OS2/c1-21(19)13-9-5-2-6-10(13)14-17-15-16-11-7-3-4-8-12(11)18(15)20-14/h2-9H,1H3. The van der Waals surface area contributed by atoms with Crippen LogP contribution in [0.4, 0.5) is 0 Å². The van der Waals surface area contributed by atoms with Crippen LogP contribution in [0.15, 0.2) is 53.4 Å². The van der Waals surface area contributed by atoms with E-state index >= 15 is 0 Å². The fraction of sp³-hybridized carbons (Fsp3) is 0.0667. The van der Waals surface area contributed by atoms with Gasteiger partial charge in [-0.25, -0.2) is 8.77 Å². The van der Waals surface area contributed by atoms with Crippen LogP contribution in [0.25, 0.3) is 27.4 Å². The lowest BCUT2D eigenvalue weighted by atomic mass is 10.2. The number of hydrogen-bond acceptors (Lipinski definition) is 4. The van der Waals surface area contributed by atoms with Crippen LogP contribution in [0.3, 0.4) is 0 Å². The van der Waals surface area contributed by atoms with E-state index in [9.17, 15) is 4.21 Å². The van der Waals surface area contributed by atoms with Crippen molar-refractivity contribution in [3.63, 3.8) is 0 Å². The van der Waals surface area contributed by atoms with Gasteiger partial charge in [-0.1, -0.05) is 30.3 Å². The van der Waals surface area contributed by atoms with Gasteiger partial charge in [-0.15, -0.1) is 0 Å².